The maximum absolute atomic E-state index is 12.3. The minimum absolute atomic E-state index is 0.0213. The van der Waals surface area contributed by atoms with Gasteiger partial charge in [0.2, 0.25) is 0 Å². The predicted molar refractivity (Wildman–Crippen MR) is 70.4 cm³/mol. The van der Waals surface area contributed by atoms with Gasteiger partial charge in [-0.05, 0) is 0 Å². The Hall–Kier alpha value is -1.95. The van der Waals surface area contributed by atoms with E-state index in [1.807, 2.05) is 6.92 Å². The van der Waals surface area contributed by atoms with Crippen molar-refractivity contribution < 1.29 is 9.90 Å². The Morgan fingerprint density at radius 3 is 2.94 bits per heavy atom. The number of hydrogen-bond acceptors (Lipinski definition) is 4. The number of allylic oxidation sites excluding steroid dienone is 1. The van der Waals surface area contributed by atoms with Crippen LogP contribution in [0.1, 0.15) is 23.1 Å². The van der Waals surface area contributed by atoms with Crippen molar-refractivity contribution in [2.45, 2.75) is 19.9 Å². The number of fused-ring (bicyclic) bond motifs is 1. The van der Waals surface area contributed by atoms with Crippen molar-refractivity contribution >= 4 is 27.5 Å². The Labute approximate surface area is 107 Å². The lowest BCUT2D eigenvalue weighted by atomic mass is 10.2. The molecule has 0 aromatic carbocycles. The summed E-state index contributed by atoms with van der Waals surface area (Å²) >= 11 is 1.18. The third kappa shape index (κ3) is 1.84. The van der Waals surface area contributed by atoms with Crippen molar-refractivity contribution in [3.63, 3.8) is 0 Å². The lowest BCUT2D eigenvalue weighted by Gasteiger charge is -2.08. The first-order valence-electron chi connectivity index (χ1n) is 5.45. The smallest absolute Gasteiger partial charge is 0.337 e. The fourth-order valence-corrected chi connectivity index (χ4v) is 2.73. The highest BCUT2D eigenvalue weighted by Crippen LogP contribution is 2.21. The van der Waals surface area contributed by atoms with Crippen LogP contribution in [0.15, 0.2) is 22.8 Å². The molecule has 5 nitrogen and oxygen atoms in total. The van der Waals surface area contributed by atoms with E-state index in [0.29, 0.717) is 23.6 Å². The third-order valence-corrected chi connectivity index (χ3v) is 3.50. The molecule has 1 N–H and O–H groups in total. The van der Waals surface area contributed by atoms with Crippen LogP contribution in [0.25, 0.3) is 10.2 Å². The number of hydrogen-bond donors (Lipinski definition) is 1. The highest BCUT2D eigenvalue weighted by molar-refractivity contribution is 7.17. The summed E-state index contributed by atoms with van der Waals surface area (Å²) in [5, 5.41) is 10.7. The summed E-state index contributed by atoms with van der Waals surface area (Å²) in [5.74, 6) is -0.458. The zero-order valence-electron chi connectivity index (χ0n) is 9.84. The first-order valence-corrected chi connectivity index (χ1v) is 6.33. The van der Waals surface area contributed by atoms with Crippen LogP contribution in [-0.4, -0.2) is 20.6 Å². The molecule has 0 saturated heterocycles. The maximum atomic E-state index is 12.3. The van der Waals surface area contributed by atoms with E-state index in [1.54, 1.807) is 6.08 Å². The zero-order valence-corrected chi connectivity index (χ0v) is 10.7. The molecule has 0 aliphatic carbocycles. The summed E-state index contributed by atoms with van der Waals surface area (Å²) in [5.41, 5.74) is -0.289. The number of aromatic carboxylic acids is 1. The van der Waals surface area contributed by atoms with Crippen molar-refractivity contribution in [3.8, 4) is 0 Å². The number of thiophene rings is 1. The molecule has 0 fully saturated rings. The van der Waals surface area contributed by atoms with Crippen molar-refractivity contribution in [3.05, 3.63) is 39.8 Å². The molecule has 94 valence electrons. The van der Waals surface area contributed by atoms with E-state index in [1.165, 1.54) is 21.3 Å². The molecule has 0 aliphatic heterocycles. The number of rotatable bonds is 4. The molecule has 0 spiro atoms. The Morgan fingerprint density at radius 2 is 2.39 bits per heavy atom. The van der Waals surface area contributed by atoms with Crippen LogP contribution in [0.5, 0.6) is 0 Å². The summed E-state index contributed by atoms with van der Waals surface area (Å²) in [6.07, 6.45) is 2.21. The van der Waals surface area contributed by atoms with Gasteiger partial charge in [-0.3, -0.25) is 9.36 Å². The molecule has 0 bridgehead atoms. The number of aryl methyl sites for hydroxylation is 1. The molecule has 2 heterocycles. The summed E-state index contributed by atoms with van der Waals surface area (Å²) in [6.45, 7) is 5.83. The number of carboxylic acids is 1. The van der Waals surface area contributed by atoms with Gasteiger partial charge in [0.15, 0.2) is 0 Å². The lowest BCUT2D eigenvalue weighted by Crippen LogP contribution is -2.25. The minimum Gasteiger partial charge on any atom is -0.478 e. The van der Waals surface area contributed by atoms with E-state index in [9.17, 15) is 9.59 Å². The number of carbonyl (C=O) groups is 1. The molecule has 0 saturated carbocycles. The summed E-state index contributed by atoms with van der Waals surface area (Å²) in [6, 6.07) is 0. The molecular formula is C12H12N2O3S. The van der Waals surface area contributed by atoms with Gasteiger partial charge in [0, 0.05) is 18.3 Å². The topological polar surface area (TPSA) is 72.2 Å². The highest BCUT2D eigenvalue weighted by Gasteiger charge is 2.18. The Balaban J connectivity index is 2.86. The van der Waals surface area contributed by atoms with Gasteiger partial charge in [-0.1, -0.05) is 13.0 Å². The second-order valence-corrected chi connectivity index (χ2v) is 4.58. The van der Waals surface area contributed by atoms with Gasteiger partial charge in [-0.25, -0.2) is 9.78 Å². The molecule has 2 aromatic heterocycles. The summed E-state index contributed by atoms with van der Waals surface area (Å²) in [4.78, 5) is 28.2. The number of nitrogens with zero attached hydrogens (tertiary/aromatic N) is 2. The second-order valence-electron chi connectivity index (χ2n) is 3.72. The first kappa shape index (κ1) is 12.5. The number of carboxylic acid groups (broad SMARTS) is 1. The Kier molecular flexibility index (Phi) is 3.29. The van der Waals surface area contributed by atoms with Crippen molar-refractivity contribution in [2.75, 3.05) is 0 Å². The van der Waals surface area contributed by atoms with Crippen LogP contribution in [0.2, 0.25) is 0 Å². The molecule has 0 atom stereocenters. The molecule has 0 unspecified atom stereocenters. The molecule has 0 radical (unpaired) electrons. The van der Waals surface area contributed by atoms with Crippen LogP contribution >= 0.6 is 11.3 Å². The third-order valence-electron chi connectivity index (χ3n) is 2.63. The highest BCUT2D eigenvalue weighted by atomic mass is 32.1. The van der Waals surface area contributed by atoms with Gasteiger partial charge in [0.25, 0.3) is 5.56 Å². The van der Waals surface area contributed by atoms with Crippen LogP contribution in [-0.2, 0) is 13.0 Å². The van der Waals surface area contributed by atoms with Crippen LogP contribution in [0.3, 0.4) is 0 Å². The average Bonchev–Trinajstić information content (AvgIpc) is 2.76. The van der Waals surface area contributed by atoms with Gasteiger partial charge in [-0.2, -0.15) is 0 Å². The van der Waals surface area contributed by atoms with Gasteiger partial charge in [-0.15, -0.1) is 17.9 Å². The minimum atomic E-state index is -1.10. The first-order chi connectivity index (χ1) is 8.60. The maximum Gasteiger partial charge on any atom is 0.337 e. The molecule has 2 rings (SSSR count). The molecule has 2 aromatic rings. The molecule has 18 heavy (non-hydrogen) atoms. The van der Waals surface area contributed by atoms with E-state index >= 15 is 0 Å². The van der Waals surface area contributed by atoms with Gasteiger partial charge in [0.1, 0.15) is 10.7 Å². The van der Waals surface area contributed by atoms with Crippen molar-refractivity contribution in [1.29, 1.82) is 0 Å². The average molecular weight is 264 g/mol. The van der Waals surface area contributed by atoms with Crippen LogP contribution in [0, 0.1) is 0 Å². The number of aromatic nitrogens is 2. The van der Waals surface area contributed by atoms with Crippen molar-refractivity contribution in [1.82, 2.24) is 9.55 Å². The Morgan fingerprint density at radius 1 is 1.67 bits per heavy atom. The molecule has 0 aliphatic rings. The van der Waals surface area contributed by atoms with E-state index in [0.717, 1.165) is 0 Å². The monoisotopic (exact) mass is 264 g/mol. The zero-order chi connectivity index (χ0) is 13.3. The van der Waals surface area contributed by atoms with Crippen LogP contribution in [0.4, 0.5) is 0 Å². The largest absolute Gasteiger partial charge is 0.478 e. The van der Waals surface area contributed by atoms with E-state index in [2.05, 4.69) is 11.6 Å². The van der Waals surface area contributed by atoms with Crippen LogP contribution < -0.4 is 5.56 Å². The molecule has 0 amide bonds. The standard InChI is InChI=1S/C12H12N2O3S/c1-3-5-14-8(4-2)13-10-9(11(14)15)7(6-18-10)12(16)17/h3,6H,1,4-5H2,2H3,(H,16,17). The molecular weight excluding hydrogens is 252 g/mol. The fourth-order valence-electron chi connectivity index (χ4n) is 1.81. The normalized spacial score (nSPS) is 10.7. The van der Waals surface area contributed by atoms with E-state index < -0.39 is 5.97 Å². The predicted octanol–water partition coefficient (Wildman–Crippen LogP) is 1.90. The quantitative estimate of drug-likeness (QED) is 0.856. The van der Waals surface area contributed by atoms with Crippen molar-refractivity contribution in [2.24, 2.45) is 0 Å². The van der Waals surface area contributed by atoms with Gasteiger partial charge < -0.3 is 5.11 Å². The summed E-state index contributed by atoms with van der Waals surface area (Å²) < 4.78 is 1.47. The lowest BCUT2D eigenvalue weighted by molar-refractivity contribution is 0.0699. The SMILES string of the molecule is C=CCn1c(CC)nc2scc(C(=O)O)c2c1=O. The summed E-state index contributed by atoms with van der Waals surface area (Å²) in [7, 11) is 0. The molecule has 6 heteroatoms. The van der Waals surface area contributed by atoms with E-state index in [-0.39, 0.29) is 16.5 Å². The van der Waals surface area contributed by atoms with Gasteiger partial charge >= 0.3 is 5.97 Å². The fraction of sp³-hybridized carbons (Fsp3) is 0.250. The van der Waals surface area contributed by atoms with Gasteiger partial charge in [0.05, 0.1) is 10.9 Å². The van der Waals surface area contributed by atoms with E-state index in [4.69, 9.17) is 5.11 Å². The second kappa shape index (κ2) is 4.73. The Bertz CT molecular complexity index is 684.